The summed E-state index contributed by atoms with van der Waals surface area (Å²) in [5, 5.41) is 5.52. The van der Waals surface area contributed by atoms with Crippen molar-refractivity contribution in [2.45, 2.75) is 0 Å². The summed E-state index contributed by atoms with van der Waals surface area (Å²) in [7, 11) is 0. The van der Waals surface area contributed by atoms with Gasteiger partial charge < -0.3 is 11.1 Å². The van der Waals surface area contributed by atoms with Crippen molar-refractivity contribution < 1.29 is 4.79 Å². The Bertz CT molecular complexity index is 800. The summed E-state index contributed by atoms with van der Waals surface area (Å²) in [6, 6.07) is 9.03. The van der Waals surface area contributed by atoms with Gasteiger partial charge in [-0.25, -0.2) is 0 Å². The van der Waals surface area contributed by atoms with E-state index in [1.165, 1.54) is 11.3 Å². The van der Waals surface area contributed by atoms with Crippen LogP contribution in [0.15, 0.2) is 45.7 Å². The first kappa shape index (κ1) is 13.1. The van der Waals surface area contributed by atoms with E-state index in [0.717, 1.165) is 9.17 Å². The molecule has 0 saturated heterocycles. The molecule has 4 nitrogen and oxygen atoms in total. The summed E-state index contributed by atoms with van der Waals surface area (Å²) >= 11 is 4.82. The molecular formula is C14H10BrN3OS. The van der Waals surface area contributed by atoms with Gasteiger partial charge in [-0.2, -0.15) is 0 Å². The molecule has 0 aliphatic carbocycles. The van der Waals surface area contributed by atoms with Crippen LogP contribution in [0.5, 0.6) is 0 Å². The predicted molar refractivity (Wildman–Crippen MR) is 86.1 cm³/mol. The number of benzene rings is 1. The topological polar surface area (TPSA) is 68.0 Å². The van der Waals surface area contributed by atoms with Gasteiger partial charge in [-0.05, 0) is 46.3 Å². The molecular weight excluding hydrogens is 338 g/mol. The normalized spacial score (nSPS) is 10.7. The Morgan fingerprint density at radius 2 is 2.20 bits per heavy atom. The first-order valence-corrected chi connectivity index (χ1v) is 7.51. The van der Waals surface area contributed by atoms with Crippen LogP contribution in [-0.2, 0) is 0 Å². The lowest BCUT2D eigenvalue weighted by Crippen LogP contribution is -2.11. The maximum absolute atomic E-state index is 12.2. The Labute approximate surface area is 127 Å². The highest BCUT2D eigenvalue weighted by atomic mass is 79.9. The van der Waals surface area contributed by atoms with E-state index in [2.05, 4.69) is 26.2 Å². The number of nitrogens with one attached hydrogen (secondary N) is 1. The minimum absolute atomic E-state index is 0.151. The number of carbonyl (C=O) groups is 1. The third-order valence-electron chi connectivity index (χ3n) is 2.88. The van der Waals surface area contributed by atoms with Gasteiger partial charge in [-0.15, -0.1) is 11.3 Å². The first-order valence-electron chi connectivity index (χ1n) is 5.84. The number of hydrogen-bond acceptors (Lipinski definition) is 4. The average molecular weight is 348 g/mol. The van der Waals surface area contributed by atoms with E-state index < -0.39 is 0 Å². The molecule has 2 heterocycles. The number of amides is 1. The molecule has 0 fully saturated rings. The highest BCUT2D eigenvalue weighted by Crippen LogP contribution is 2.27. The molecule has 0 aliphatic heterocycles. The van der Waals surface area contributed by atoms with Crippen molar-refractivity contribution in [1.82, 2.24) is 4.98 Å². The summed E-state index contributed by atoms with van der Waals surface area (Å²) in [6.45, 7) is 0. The highest BCUT2D eigenvalue weighted by Gasteiger charge is 2.11. The molecule has 0 unspecified atom stereocenters. The van der Waals surface area contributed by atoms with Crippen molar-refractivity contribution in [3.05, 3.63) is 51.3 Å². The molecule has 0 bridgehead atoms. The molecule has 2 aromatic heterocycles. The van der Waals surface area contributed by atoms with Crippen molar-refractivity contribution in [1.29, 1.82) is 0 Å². The zero-order chi connectivity index (χ0) is 14.1. The van der Waals surface area contributed by atoms with E-state index in [4.69, 9.17) is 5.73 Å². The maximum atomic E-state index is 12.2. The largest absolute Gasteiger partial charge is 0.397 e. The number of anilines is 2. The van der Waals surface area contributed by atoms with Gasteiger partial charge in [0.25, 0.3) is 5.91 Å². The average Bonchev–Trinajstić information content (AvgIpc) is 2.89. The van der Waals surface area contributed by atoms with E-state index in [1.807, 2.05) is 12.1 Å². The van der Waals surface area contributed by atoms with Gasteiger partial charge in [0.15, 0.2) is 0 Å². The number of nitrogens with zero attached hydrogens (tertiary/aromatic N) is 1. The molecule has 20 heavy (non-hydrogen) atoms. The van der Waals surface area contributed by atoms with Crippen molar-refractivity contribution >= 4 is 55.5 Å². The summed E-state index contributed by atoms with van der Waals surface area (Å²) in [6.07, 6.45) is 1.68. The summed E-state index contributed by atoms with van der Waals surface area (Å²) in [4.78, 5) is 16.4. The molecule has 0 aliphatic rings. The van der Waals surface area contributed by atoms with Crippen molar-refractivity contribution in [3.63, 3.8) is 0 Å². The lowest BCUT2D eigenvalue weighted by Gasteiger charge is -2.09. The number of halogens is 1. The monoisotopic (exact) mass is 347 g/mol. The SMILES string of the molecule is Nc1ccc(NC(=O)c2csc(Br)c2)c2cccnc12. The van der Waals surface area contributed by atoms with Crippen LogP contribution in [-0.4, -0.2) is 10.9 Å². The molecule has 3 aromatic rings. The standard InChI is InChI=1S/C14H10BrN3OS/c15-12-6-8(7-20-12)14(19)18-11-4-3-10(16)13-9(11)2-1-5-17-13/h1-7H,16H2,(H,18,19). The van der Waals surface area contributed by atoms with Crippen LogP contribution in [0.1, 0.15) is 10.4 Å². The number of aromatic nitrogens is 1. The quantitative estimate of drug-likeness (QED) is 0.691. The van der Waals surface area contributed by atoms with Crippen LogP contribution in [0.2, 0.25) is 0 Å². The number of rotatable bonds is 2. The fraction of sp³-hybridized carbons (Fsp3) is 0. The molecule has 3 N–H and O–H groups in total. The molecule has 3 rings (SSSR count). The van der Waals surface area contributed by atoms with Crippen LogP contribution in [0, 0.1) is 0 Å². The van der Waals surface area contributed by atoms with E-state index in [1.54, 1.807) is 29.8 Å². The Balaban J connectivity index is 1.99. The minimum atomic E-state index is -0.151. The van der Waals surface area contributed by atoms with Gasteiger partial charge in [0.1, 0.15) is 0 Å². The molecule has 1 aromatic carbocycles. The second-order valence-corrected chi connectivity index (χ2v) is 6.49. The van der Waals surface area contributed by atoms with Crippen molar-refractivity contribution in [2.75, 3.05) is 11.1 Å². The van der Waals surface area contributed by atoms with E-state index in [-0.39, 0.29) is 5.91 Å². The Morgan fingerprint density at radius 3 is 2.95 bits per heavy atom. The lowest BCUT2D eigenvalue weighted by molar-refractivity contribution is 0.102. The molecule has 0 saturated carbocycles. The maximum Gasteiger partial charge on any atom is 0.256 e. The summed E-state index contributed by atoms with van der Waals surface area (Å²) in [5.41, 5.74) is 8.50. The summed E-state index contributed by atoms with van der Waals surface area (Å²) in [5.74, 6) is -0.151. The Hall–Kier alpha value is -1.92. The Kier molecular flexibility index (Phi) is 3.42. The smallest absolute Gasteiger partial charge is 0.256 e. The molecule has 6 heteroatoms. The van der Waals surface area contributed by atoms with E-state index in [0.29, 0.717) is 22.5 Å². The van der Waals surface area contributed by atoms with E-state index >= 15 is 0 Å². The van der Waals surface area contributed by atoms with Crippen LogP contribution >= 0.6 is 27.3 Å². The molecule has 0 spiro atoms. The number of thiophene rings is 1. The third-order valence-corrected chi connectivity index (χ3v) is 4.38. The zero-order valence-electron chi connectivity index (χ0n) is 10.3. The van der Waals surface area contributed by atoms with Crippen molar-refractivity contribution in [2.24, 2.45) is 0 Å². The molecule has 0 atom stereocenters. The lowest BCUT2D eigenvalue weighted by atomic mass is 10.1. The summed E-state index contributed by atoms with van der Waals surface area (Å²) < 4.78 is 0.923. The van der Waals surface area contributed by atoms with E-state index in [9.17, 15) is 4.79 Å². The van der Waals surface area contributed by atoms with Crippen LogP contribution in [0.3, 0.4) is 0 Å². The van der Waals surface area contributed by atoms with Gasteiger partial charge in [-0.3, -0.25) is 9.78 Å². The van der Waals surface area contributed by atoms with Crippen LogP contribution < -0.4 is 11.1 Å². The highest BCUT2D eigenvalue weighted by molar-refractivity contribution is 9.11. The van der Waals surface area contributed by atoms with Crippen molar-refractivity contribution in [3.8, 4) is 0 Å². The number of fused-ring (bicyclic) bond motifs is 1. The van der Waals surface area contributed by atoms with Gasteiger partial charge >= 0.3 is 0 Å². The number of pyridine rings is 1. The second kappa shape index (κ2) is 5.22. The van der Waals surface area contributed by atoms with Crippen LogP contribution in [0.25, 0.3) is 10.9 Å². The zero-order valence-corrected chi connectivity index (χ0v) is 12.7. The minimum Gasteiger partial charge on any atom is -0.397 e. The number of nitrogen functional groups attached to an aromatic ring is 1. The molecule has 100 valence electrons. The van der Waals surface area contributed by atoms with Gasteiger partial charge in [0.05, 0.1) is 26.2 Å². The fourth-order valence-electron chi connectivity index (χ4n) is 1.93. The second-order valence-electron chi connectivity index (χ2n) is 4.20. The number of nitrogens with two attached hydrogens (primary N) is 1. The van der Waals surface area contributed by atoms with Crippen LogP contribution in [0.4, 0.5) is 11.4 Å². The van der Waals surface area contributed by atoms with Gasteiger partial charge in [0, 0.05) is 17.0 Å². The third kappa shape index (κ3) is 2.39. The van der Waals surface area contributed by atoms with Gasteiger partial charge in [-0.1, -0.05) is 0 Å². The predicted octanol–water partition coefficient (Wildman–Crippen LogP) is 3.89. The molecule has 1 amide bonds. The molecule has 0 radical (unpaired) electrons. The number of carbonyl (C=O) groups excluding carboxylic acids is 1. The number of hydrogen-bond donors (Lipinski definition) is 2. The first-order chi connectivity index (χ1) is 9.65. The van der Waals surface area contributed by atoms with Gasteiger partial charge in [0.2, 0.25) is 0 Å². The Morgan fingerprint density at radius 1 is 1.35 bits per heavy atom. The fourth-order valence-corrected chi connectivity index (χ4v) is 3.06.